The molecule has 0 radical (unpaired) electrons. The lowest BCUT2D eigenvalue weighted by Gasteiger charge is -2.13. The molecule has 12 heteroatoms. The van der Waals surface area contributed by atoms with E-state index in [1.165, 1.54) is 48.5 Å². The Morgan fingerprint density at radius 2 is 1.30 bits per heavy atom. The number of halogens is 1. The molecule has 0 fully saturated rings. The van der Waals surface area contributed by atoms with Crippen LogP contribution in [0.5, 0.6) is 0 Å². The van der Waals surface area contributed by atoms with E-state index in [1.54, 1.807) is 54.6 Å². The topological polar surface area (TPSA) is 119 Å². The van der Waals surface area contributed by atoms with Crippen LogP contribution < -0.4 is 4.72 Å². The van der Waals surface area contributed by atoms with Gasteiger partial charge >= 0.3 is 0 Å². The average Bonchev–Trinajstić information content (AvgIpc) is 3.33. The lowest BCUT2D eigenvalue weighted by atomic mass is 10.0. The maximum absolute atomic E-state index is 13.6. The third-order valence-electron chi connectivity index (χ3n) is 6.28. The molecular formula is C28H23ClN2O6S3. The average molecular weight is 615 g/mol. The molecule has 0 unspecified atom stereocenters. The molecule has 40 heavy (non-hydrogen) atoms. The summed E-state index contributed by atoms with van der Waals surface area (Å²) in [5.74, 6) is 0. The molecule has 1 N–H and O–H groups in total. The zero-order chi connectivity index (χ0) is 28.7. The summed E-state index contributed by atoms with van der Waals surface area (Å²) in [5.41, 5.74) is 2.43. The number of nitrogens with one attached hydrogen (secondary N) is 1. The third kappa shape index (κ3) is 5.56. The van der Waals surface area contributed by atoms with Crippen molar-refractivity contribution in [2.24, 2.45) is 0 Å². The highest BCUT2D eigenvalue weighted by Gasteiger charge is 2.29. The van der Waals surface area contributed by atoms with Crippen molar-refractivity contribution >= 4 is 52.4 Å². The number of nitrogens with zero attached hydrogens (tertiary/aromatic N) is 1. The van der Waals surface area contributed by atoms with E-state index in [2.05, 4.69) is 4.72 Å². The normalized spacial score (nSPS) is 12.6. The van der Waals surface area contributed by atoms with Crippen molar-refractivity contribution in [3.05, 3.63) is 114 Å². The van der Waals surface area contributed by atoms with E-state index in [0.717, 1.165) is 21.4 Å². The Bertz CT molecular complexity index is 2040. The highest BCUT2D eigenvalue weighted by atomic mass is 35.5. The smallest absolute Gasteiger partial charge is 0.224 e. The minimum absolute atomic E-state index is 0.0564. The van der Waals surface area contributed by atoms with E-state index >= 15 is 0 Å². The van der Waals surface area contributed by atoms with Gasteiger partial charge in [-0.25, -0.2) is 33.9 Å². The molecule has 1 heterocycles. The molecule has 0 aliphatic rings. The number of hydrogen-bond donors (Lipinski definition) is 1. The van der Waals surface area contributed by atoms with Crippen LogP contribution in [0, 0.1) is 0 Å². The first-order valence-corrected chi connectivity index (χ1v) is 17.1. The van der Waals surface area contributed by atoms with Crippen LogP contribution in [0.15, 0.2) is 118 Å². The van der Waals surface area contributed by atoms with Crippen molar-refractivity contribution in [1.82, 2.24) is 8.69 Å². The fourth-order valence-electron chi connectivity index (χ4n) is 4.23. The van der Waals surface area contributed by atoms with Crippen LogP contribution in [0.1, 0.15) is 5.56 Å². The zero-order valence-corrected chi connectivity index (χ0v) is 24.2. The Morgan fingerprint density at radius 3 is 1.90 bits per heavy atom. The van der Waals surface area contributed by atoms with Crippen LogP contribution in [0.3, 0.4) is 0 Å². The zero-order valence-electron chi connectivity index (χ0n) is 21.0. The van der Waals surface area contributed by atoms with Gasteiger partial charge in [0.2, 0.25) is 0 Å². The van der Waals surface area contributed by atoms with E-state index in [9.17, 15) is 25.3 Å². The number of sulfone groups is 1. The first-order valence-electron chi connectivity index (χ1n) is 11.9. The van der Waals surface area contributed by atoms with Crippen molar-refractivity contribution in [1.29, 1.82) is 0 Å². The molecule has 4 aromatic carbocycles. The summed E-state index contributed by atoms with van der Waals surface area (Å²) in [7, 11) is -11.9. The Hall–Kier alpha value is -3.48. The maximum atomic E-state index is 13.6. The molecule has 1 aromatic heterocycles. The number of benzene rings is 4. The molecule has 0 saturated heterocycles. The number of aromatic nitrogens is 1. The van der Waals surface area contributed by atoms with Crippen LogP contribution in [0.4, 0.5) is 0 Å². The van der Waals surface area contributed by atoms with Gasteiger partial charge in [0.1, 0.15) is 0 Å². The van der Waals surface area contributed by atoms with Crippen LogP contribution in [0.25, 0.3) is 22.0 Å². The Labute approximate surface area is 237 Å². The van der Waals surface area contributed by atoms with Gasteiger partial charge < -0.3 is 0 Å². The molecule has 0 spiro atoms. The quantitative estimate of drug-likeness (QED) is 0.260. The van der Waals surface area contributed by atoms with Crippen molar-refractivity contribution in [2.45, 2.75) is 21.4 Å². The second-order valence-electron chi connectivity index (χ2n) is 9.09. The Balaban J connectivity index is 1.45. The Morgan fingerprint density at radius 1 is 0.700 bits per heavy atom. The first-order chi connectivity index (χ1) is 18.9. The highest BCUT2D eigenvalue weighted by molar-refractivity contribution is 7.92. The molecule has 5 aromatic rings. The summed E-state index contributed by atoms with van der Waals surface area (Å²) in [6.07, 6.45) is 1.14. The first kappa shape index (κ1) is 28.1. The molecule has 0 aliphatic carbocycles. The molecule has 0 saturated carbocycles. The molecule has 0 amide bonds. The van der Waals surface area contributed by atoms with Crippen molar-refractivity contribution in [3.8, 4) is 11.1 Å². The summed E-state index contributed by atoms with van der Waals surface area (Å²) in [6, 6.07) is 26.9. The van der Waals surface area contributed by atoms with Crippen LogP contribution >= 0.6 is 11.6 Å². The van der Waals surface area contributed by atoms with E-state index in [-0.39, 0.29) is 21.9 Å². The lowest BCUT2D eigenvalue weighted by Crippen LogP contribution is -2.27. The van der Waals surface area contributed by atoms with Gasteiger partial charge in [0, 0.05) is 23.2 Å². The second-order valence-corrected chi connectivity index (χ2v) is 15.0. The van der Waals surface area contributed by atoms with Gasteiger partial charge in [-0.05, 0) is 65.2 Å². The number of sulfonamides is 1. The highest BCUT2D eigenvalue weighted by Crippen LogP contribution is 2.30. The van der Waals surface area contributed by atoms with E-state index in [1.807, 2.05) is 0 Å². The van der Waals surface area contributed by atoms with Gasteiger partial charge in [0.25, 0.3) is 20.0 Å². The molecule has 8 nitrogen and oxygen atoms in total. The second kappa shape index (κ2) is 10.5. The summed E-state index contributed by atoms with van der Waals surface area (Å²) < 4.78 is 80.9. The van der Waals surface area contributed by atoms with E-state index in [4.69, 9.17) is 11.6 Å². The fourth-order valence-corrected chi connectivity index (χ4v) is 8.16. The van der Waals surface area contributed by atoms with Crippen LogP contribution in [-0.2, 0) is 36.4 Å². The molecule has 0 bridgehead atoms. The van der Waals surface area contributed by atoms with Crippen molar-refractivity contribution in [3.63, 3.8) is 0 Å². The maximum Gasteiger partial charge on any atom is 0.269 e. The van der Waals surface area contributed by atoms with Gasteiger partial charge in [-0.2, -0.15) is 0 Å². The fraction of sp³-hybridized carbons (Fsp3) is 0.0714. The molecule has 5 rings (SSSR count). The summed E-state index contributed by atoms with van der Waals surface area (Å²) in [6.45, 7) is -0.0940. The van der Waals surface area contributed by atoms with E-state index < -0.39 is 34.9 Å². The standard InChI is InChI=1S/C28H23ClN2O6S3/c1-38(32,33)25-14-11-22(12-15-25)21-9-7-20(8-10-21)19-30-39(34,35)28-18-23-17-24(29)13-16-27(23)31(28)40(36,37)26-5-3-2-4-6-26/h2-18,30H,19H2,1H3. The lowest BCUT2D eigenvalue weighted by molar-refractivity contribution is 0.565. The Kier molecular flexibility index (Phi) is 7.36. The van der Waals surface area contributed by atoms with Crippen molar-refractivity contribution in [2.75, 3.05) is 6.26 Å². The predicted molar refractivity (Wildman–Crippen MR) is 155 cm³/mol. The van der Waals surface area contributed by atoms with Gasteiger partial charge in [-0.15, -0.1) is 0 Å². The van der Waals surface area contributed by atoms with Gasteiger partial charge in [-0.3, -0.25) is 0 Å². The molecule has 0 atom stereocenters. The monoisotopic (exact) mass is 614 g/mol. The van der Waals surface area contributed by atoms with Crippen LogP contribution in [0.2, 0.25) is 5.02 Å². The van der Waals surface area contributed by atoms with Crippen LogP contribution in [-0.4, -0.2) is 35.5 Å². The van der Waals surface area contributed by atoms with Crippen molar-refractivity contribution < 1.29 is 25.3 Å². The molecule has 0 aliphatic heterocycles. The number of rotatable bonds is 8. The van der Waals surface area contributed by atoms with Gasteiger partial charge in [-0.1, -0.05) is 66.2 Å². The molecule has 206 valence electrons. The summed E-state index contributed by atoms with van der Waals surface area (Å²) >= 11 is 6.10. The number of hydrogen-bond acceptors (Lipinski definition) is 6. The van der Waals surface area contributed by atoms with Gasteiger partial charge in [0.05, 0.1) is 15.3 Å². The summed E-state index contributed by atoms with van der Waals surface area (Å²) in [5, 5.41) is 0.263. The number of fused-ring (bicyclic) bond motifs is 1. The largest absolute Gasteiger partial charge is 0.269 e. The van der Waals surface area contributed by atoms with E-state index in [0.29, 0.717) is 16.0 Å². The SMILES string of the molecule is CS(=O)(=O)c1ccc(-c2ccc(CNS(=O)(=O)c3cc4cc(Cl)ccc4n3S(=O)(=O)c3ccccc3)cc2)cc1. The summed E-state index contributed by atoms with van der Waals surface area (Å²) in [4.78, 5) is 0.162. The molecular weight excluding hydrogens is 592 g/mol. The van der Waals surface area contributed by atoms with Gasteiger partial charge in [0.15, 0.2) is 14.9 Å². The minimum atomic E-state index is -4.30. The predicted octanol–water partition coefficient (Wildman–Crippen LogP) is 5.08. The minimum Gasteiger partial charge on any atom is -0.224 e. The third-order valence-corrected chi connectivity index (χ3v) is 10.9.